The van der Waals surface area contributed by atoms with Gasteiger partial charge >= 0.3 is 136 Å². The van der Waals surface area contributed by atoms with Crippen LogP contribution in [0.1, 0.15) is 45.3 Å². The maximum absolute atomic E-state index is 5.76. The molecule has 2 bridgehead atoms. The summed E-state index contributed by atoms with van der Waals surface area (Å²) in [5.41, 5.74) is 1.96. The van der Waals surface area contributed by atoms with Crippen molar-refractivity contribution in [2.75, 3.05) is 7.11 Å². The van der Waals surface area contributed by atoms with Gasteiger partial charge in [-0.1, -0.05) is 0 Å². The Labute approximate surface area is 136 Å². The first-order valence-corrected chi connectivity index (χ1v) is 10.4. The van der Waals surface area contributed by atoms with Gasteiger partial charge in [-0.2, -0.15) is 0 Å². The molecule has 21 heavy (non-hydrogen) atoms. The molecule has 3 fully saturated rings. The average molecular weight is 351 g/mol. The Balaban J connectivity index is 1.58. The van der Waals surface area contributed by atoms with Crippen molar-refractivity contribution in [3.05, 3.63) is 35.9 Å². The summed E-state index contributed by atoms with van der Waals surface area (Å²) in [5, 5.41) is 1.22. The van der Waals surface area contributed by atoms with E-state index in [4.69, 9.17) is 4.74 Å². The third-order valence-corrected chi connectivity index (χ3v) is 9.44. The predicted molar refractivity (Wildman–Crippen MR) is 89.7 cm³/mol. The van der Waals surface area contributed by atoms with Gasteiger partial charge in [-0.25, -0.2) is 0 Å². The van der Waals surface area contributed by atoms with Crippen LogP contribution in [0.25, 0.3) is 0 Å². The van der Waals surface area contributed by atoms with Crippen LogP contribution >= 0.6 is 0 Å². The van der Waals surface area contributed by atoms with E-state index in [-0.39, 0.29) is 0 Å². The Morgan fingerprint density at radius 2 is 1.95 bits per heavy atom. The molecule has 0 aliphatic heterocycles. The molecule has 1 aromatic rings. The monoisotopic (exact) mass is 352 g/mol. The topological polar surface area (TPSA) is 9.23 Å². The summed E-state index contributed by atoms with van der Waals surface area (Å²) in [4.78, 5) is 0.968. The van der Waals surface area contributed by atoms with E-state index in [0.29, 0.717) is 26.5 Å². The van der Waals surface area contributed by atoms with Gasteiger partial charge in [-0.3, -0.25) is 0 Å². The first kappa shape index (κ1) is 15.6. The fraction of sp³-hybridized carbons (Fsp3) is 0.684. The molecule has 4 rings (SSSR count). The minimum atomic E-state index is 0.296. The second kappa shape index (κ2) is 6.07. The third kappa shape index (κ3) is 2.83. The number of hydrogen-bond acceptors (Lipinski definition) is 1. The maximum atomic E-state index is 5.76. The zero-order valence-electron chi connectivity index (χ0n) is 13.7. The van der Waals surface area contributed by atoms with E-state index in [2.05, 4.69) is 51.1 Å². The van der Waals surface area contributed by atoms with E-state index < -0.39 is 0 Å². The van der Waals surface area contributed by atoms with Gasteiger partial charge in [0.05, 0.1) is 0 Å². The normalized spacial score (nSPS) is 35.0. The molecule has 5 atom stereocenters. The molecule has 3 aliphatic rings. The number of methoxy groups -OCH3 is 1. The summed E-state index contributed by atoms with van der Waals surface area (Å²) in [5.74, 6) is 2.88. The molecular weight excluding hydrogens is 323 g/mol. The molecule has 0 amide bonds. The van der Waals surface area contributed by atoms with Gasteiger partial charge in [-0.05, 0) is 0 Å². The molecule has 116 valence electrons. The molecule has 1 aromatic carbocycles. The van der Waals surface area contributed by atoms with Gasteiger partial charge in [0.25, 0.3) is 0 Å². The van der Waals surface area contributed by atoms with Crippen molar-refractivity contribution in [2.24, 2.45) is 23.2 Å². The van der Waals surface area contributed by atoms with Gasteiger partial charge < -0.3 is 0 Å². The molecule has 0 heterocycles. The second-order valence-corrected chi connectivity index (χ2v) is 10.1. The van der Waals surface area contributed by atoms with E-state index in [0.717, 1.165) is 22.6 Å². The van der Waals surface area contributed by atoms with Crippen LogP contribution in [0.4, 0.5) is 0 Å². The van der Waals surface area contributed by atoms with Crippen LogP contribution in [0.3, 0.4) is 0 Å². The van der Waals surface area contributed by atoms with Crippen LogP contribution in [0.2, 0.25) is 10.1 Å². The Hall–Kier alpha value is -0.301. The van der Waals surface area contributed by atoms with Crippen LogP contribution in [-0.2, 0) is 4.74 Å². The second-order valence-electron chi connectivity index (χ2n) is 7.46. The van der Waals surface area contributed by atoms with Crippen molar-refractivity contribution in [3.63, 3.8) is 0 Å². The molecule has 3 saturated carbocycles. The molecule has 2 heteroatoms. The van der Waals surface area contributed by atoms with E-state index in [9.17, 15) is 0 Å². The molecule has 0 N–H and O–H groups in total. The molecule has 0 spiro atoms. The summed E-state index contributed by atoms with van der Waals surface area (Å²) in [6.07, 6.45) is 3.26. The van der Waals surface area contributed by atoms with Gasteiger partial charge in [0.15, 0.2) is 0 Å². The Morgan fingerprint density at radius 1 is 1.24 bits per heavy atom. The molecule has 0 radical (unpaired) electrons. The molecule has 0 aromatic heterocycles. The van der Waals surface area contributed by atoms with E-state index in [1.54, 1.807) is 0 Å². The van der Waals surface area contributed by atoms with Crippen molar-refractivity contribution < 1.29 is 4.74 Å². The molecule has 3 aliphatic carbocycles. The van der Waals surface area contributed by atoms with Crippen molar-refractivity contribution in [1.29, 1.82) is 0 Å². The zero-order valence-corrected chi connectivity index (χ0v) is 15.4. The number of benzene rings is 1. The Kier molecular flexibility index (Phi) is 4.50. The van der Waals surface area contributed by atoms with Gasteiger partial charge in [0.2, 0.25) is 0 Å². The Bertz CT molecular complexity index is 470. The fourth-order valence-electron chi connectivity index (χ4n) is 4.50. The first-order valence-electron chi connectivity index (χ1n) is 8.23. The van der Waals surface area contributed by atoms with Gasteiger partial charge in [0, 0.05) is 0 Å². The number of rotatable bonds is 5. The Morgan fingerprint density at radius 3 is 2.52 bits per heavy atom. The third-order valence-electron chi connectivity index (χ3n) is 6.20. The zero-order chi connectivity index (χ0) is 15.0. The summed E-state index contributed by atoms with van der Waals surface area (Å²) in [7, 11) is 1.86. The van der Waals surface area contributed by atoms with Crippen molar-refractivity contribution in [2.45, 2.75) is 49.9 Å². The summed E-state index contributed by atoms with van der Waals surface area (Å²) in [6, 6.07) is 10.7. The van der Waals surface area contributed by atoms with Crippen LogP contribution in [-0.4, -0.2) is 22.1 Å². The molecule has 1 nitrogen and oxygen atoms in total. The van der Waals surface area contributed by atoms with Crippen LogP contribution < -0.4 is 0 Å². The van der Waals surface area contributed by atoms with Crippen LogP contribution in [0.15, 0.2) is 30.3 Å². The average Bonchev–Trinajstić information content (AvgIpc) is 2.49. The minimum absolute atomic E-state index is 0.296. The van der Waals surface area contributed by atoms with E-state index >= 15 is 0 Å². The summed E-state index contributed by atoms with van der Waals surface area (Å²) in [6.45, 7) is 7.50. The van der Waals surface area contributed by atoms with Crippen molar-refractivity contribution in [3.8, 4) is 0 Å². The van der Waals surface area contributed by atoms with E-state index in [1.807, 2.05) is 7.11 Å². The number of fused-ring (bicyclic) bond motifs is 2. The van der Waals surface area contributed by atoms with Crippen molar-refractivity contribution in [1.82, 2.24) is 0 Å². The van der Waals surface area contributed by atoms with Crippen LogP contribution in [0.5, 0.6) is 0 Å². The summed E-state index contributed by atoms with van der Waals surface area (Å²) >= 11 is 0.698. The fourth-order valence-corrected chi connectivity index (χ4v) is 7.88. The first-order chi connectivity index (χ1) is 10.0. The van der Waals surface area contributed by atoms with Crippen molar-refractivity contribution >= 4 is 15.0 Å². The molecular formula is C19H28OSe. The molecule has 1 unspecified atom stereocenters. The van der Waals surface area contributed by atoms with E-state index in [1.165, 1.54) is 23.7 Å². The number of ether oxygens (including phenoxy) is 1. The quantitative estimate of drug-likeness (QED) is 0.679. The molecule has 0 saturated heterocycles. The standard InChI is InChI=1S/C19H28OSe/c1-13-16-10-15(19(16,2)3)11-18(13)21-12-17(20-4)14-8-6-5-7-9-14/h5-9,13,15-18H,10-12H2,1-4H3/t13-,15+,16-,17?,18-/m1/s1. The van der Waals surface area contributed by atoms with Crippen LogP contribution in [0, 0.1) is 23.2 Å². The van der Waals surface area contributed by atoms with Gasteiger partial charge in [0.1, 0.15) is 0 Å². The SMILES string of the molecule is COC(C[Se][C@@H]1C[C@@H]2C[C@H]([C@H]1C)C2(C)C)c1ccccc1. The summed E-state index contributed by atoms with van der Waals surface area (Å²) < 4.78 is 5.76. The van der Waals surface area contributed by atoms with Gasteiger partial charge in [-0.15, -0.1) is 0 Å². The number of hydrogen-bond donors (Lipinski definition) is 0. The predicted octanol–water partition coefficient (Wildman–Crippen LogP) is 4.99.